The van der Waals surface area contributed by atoms with Gasteiger partial charge in [0.15, 0.2) is 0 Å². The van der Waals surface area contributed by atoms with Gasteiger partial charge in [0.2, 0.25) is 5.91 Å². The molecule has 1 aliphatic carbocycles. The van der Waals surface area contributed by atoms with E-state index in [1.165, 1.54) is 0 Å². The average molecular weight is 606 g/mol. The van der Waals surface area contributed by atoms with Crippen molar-refractivity contribution in [1.82, 2.24) is 15.5 Å². The third kappa shape index (κ3) is 7.96. The molecule has 5 rings (SSSR count). The average Bonchev–Trinajstić information content (AvgIpc) is 3.38. The van der Waals surface area contributed by atoms with E-state index in [9.17, 15) is 24.3 Å². The first-order valence-electron chi connectivity index (χ1n) is 14.3. The van der Waals surface area contributed by atoms with Crippen molar-refractivity contribution in [2.24, 2.45) is 10.2 Å². The van der Waals surface area contributed by atoms with Gasteiger partial charge in [-0.05, 0) is 58.7 Å². The van der Waals surface area contributed by atoms with Crippen LogP contribution in [0.15, 0.2) is 113 Å². The molecule has 0 atom stereocenters. The molecule has 11 heteroatoms. The minimum absolute atomic E-state index is 0.0391. The number of ether oxygens (including phenoxy) is 1. The van der Waals surface area contributed by atoms with Crippen molar-refractivity contribution >= 4 is 35.3 Å². The number of amides is 3. The number of carbonyl (C=O) groups excluding carboxylic acids is 3. The number of hydrogen-bond acceptors (Lipinski definition) is 7. The van der Waals surface area contributed by atoms with Gasteiger partial charge in [-0.3, -0.25) is 14.4 Å². The summed E-state index contributed by atoms with van der Waals surface area (Å²) >= 11 is 0. The van der Waals surface area contributed by atoms with Gasteiger partial charge in [0, 0.05) is 24.6 Å². The molecule has 3 amide bonds. The summed E-state index contributed by atoms with van der Waals surface area (Å²) in [5.74, 6) is -2.46. The lowest BCUT2D eigenvalue weighted by Gasteiger charge is -2.21. The molecule has 0 bridgehead atoms. The van der Waals surface area contributed by atoms with E-state index in [1.807, 2.05) is 78.9 Å². The van der Waals surface area contributed by atoms with Crippen LogP contribution in [0.4, 0.5) is 16.2 Å². The molecule has 0 aliphatic heterocycles. The van der Waals surface area contributed by atoms with Crippen molar-refractivity contribution in [3.8, 4) is 11.1 Å². The zero-order valence-corrected chi connectivity index (χ0v) is 24.3. The zero-order chi connectivity index (χ0) is 31.6. The predicted octanol–water partition coefficient (Wildman–Crippen LogP) is 5.28. The smallest absolute Gasteiger partial charge is 0.407 e. The minimum Gasteiger partial charge on any atom is -0.480 e. The molecule has 45 heavy (non-hydrogen) atoms. The molecule has 3 N–H and O–H groups in total. The van der Waals surface area contributed by atoms with Gasteiger partial charge in [0.1, 0.15) is 13.2 Å². The first kappa shape index (κ1) is 30.6. The Morgan fingerprint density at radius 3 is 1.93 bits per heavy atom. The molecule has 0 heterocycles. The van der Waals surface area contributed by atoms with E-state index >= 15 is 0 Å². The van der Waals surface area contributed by atoms with E-state index in [0.29, 0.717) is 16.9 Å². The fourth-order valence-corrected chi connectivity index (χ4v) is 5.06. The summed E-state index contributed by atoms with van der Waals surface area (Å²) in [4.78, 5) is 50.3. The van der Waals surface area contributed by atoms with Gasteiger partial charge in [-0.1, -0.05) is 66.7 Å². The van der Waals surface area contributed by atoms with Gasteiger partial charge in [-0.25, -0.2) is 4.79 Å². The summed E-state index contributed by atoms with van der Waals surface area (Å²) < 4.78 is 5.50. The van der Waals surface area contributed by atoms with Crippen molar-refractivity contribution in [1.29, 1.82) is 0 Å². The Balaban J connectivity index is 1.08. The predicted molar refractivity (Wildman–Crippen MR) is 167 cm³/mol. The molecule has 0 aromatic heterocycles. The Morgan fingerprint density at radius 2 is 1.31 bits per heavy atom. The van der Waals surface area contributed by atoms with Gasteiger partial charge >= 0.3 is 12.1 Å². The number of carboxylic acid groups (broad SMARTS) is 1. The standard InChI is InChI=1S/C34H31N5O6/c40-31(20-36-33(43)23-14-16-25(17-15-23)38-37-24-8-2-1-3-9-24)39(21-32(41)42)19-18-35-34(44)45-22-30-28-12-6-4-10-26(28)27-11-5-7-13-29(27)30/h1-17,30H,18-22H2,(H,35,44)(H,36,43)(H,41,42). The fraction of sp³-hybridized carbons (Fsp3) is 0.176. The maximum Gasteiger partial charge on any atom is 0.407 e. The highest BCUT2D eigenvalue weighted by atomic mass is 16.5. The van der Waals surface area contributed by atoms with E-state index in [-0.39, 0.29) is 25.6 Å². The zero-order valence-electron chi connectivity index (χ0n) is 24.3. The van der Waals surface area contributed by atoms with Gasteiger partial charge in [-0.2, -0.15) is 10.2 Å². The first-order chi connectivity index (χ1) is 21.9. The van der Waals surface area contributed by atoms with E-state index in [0.717, 1.165) is 27.2 Å². The van der Waals surface area contributed by atoms with E-state index in [2.05, 4.69) is 20.9 Å². The molecule has 4 aromatic rings. The molecule has 11 nitrogen and oxygen atoms in total. The number of fused-ring (bicyclic) bond motifs is 3. The number of benzene rings is 4. The second-order valence-electron chi connectivity index (χ2n) is 10.2. The lowest BCUT2D eigenvalue weighted by atomic mass is 9.98. The van der Waals surface area contributed by atoms with Crippen LogP contribution in [0.25, 0.3) is 11.1 Å². The van der Waals surface area contributed by atoms with Crippen LogP contribution in [0.3, 0.4) is 0 Å². The molecular formula is C34H31N5O6. The minimum atomic E-state index is -1.23. The summed E-state index contributed by atoms with van der Waals surface area (Å²) in [5.41, 5.74) is 5.91. The number of carbonyl (C=O) groups is 4. The number of nitrogens with one attached hydrogen (secondary N) is 2. The third-order valence-electron chi connectivity index (χ3n) is 7.24. The molecule has 228 valence electrons. The summed E-state index contributed by atoms with van der Waals surface area (Å²) in [6, 6.07) is 31.5. The second kappa shape index (κ2) is 14.6. The Morgan fingerprint density at radius 1 is 0.733 bits per heavy atom. The fourth-order valence-electron chi connectivity index (χ4n) is 5.06. The van der Waals surface area contributed by atoms with Gasteiger partial charge in [0.25, 0.3) is 5.91 Å². The van der Waals surface area contributed by atoms with Crippen LogP contribution >= 0.6 is 0 Å². The molecule has 0 fully saturated rings. The van der Waals surface area contributed by atoms with Crippen molar-refractivity contribution in [2.75, 3.05) is 32.8 Å². The van der Waals surface area contributed by atoms with Gasteiger partial charge < -0.3 is 25.4 Å². The van der Waals surface area contributed by atoms with E-state index < -0.39 is 37.0 Å². The van der Waals surface area contributed by atoms with Crippen LogP contribution < -0.4 is 10.6 Å². The maximum absolute atomic E-state index is 12.8. The third-order valence-corrected chi connectivity index (χ3v) is 7.24. The highest BCUT2D eigenvalue weighted by Gasteiger charge is 2.29. The number of azo groups is 1. The highest BCUT2D eigenvalue weighted by Crippen LogP contribution is 2.44. The van der Waals surface area contributed by atoms with Crippen LogP contribution in [0.1, 0.15) is 27.4 Å². The maximum atomic E-state index is 12.8. The number of nitrogens with zero attached hydrogens (tertiary/aromatic N) is 3. The van der Waals surface area contributed by atoms with Crippen LogP contribution in [0.2, 0.25) is 0 Å². The number of rotatable bonds is 12. The monoisotopic (exact) mass is 605 g/mol. The summed E-state index contributed by atoms with van der Waals surface area (Å²) in [5, 5.41) is 22.6. The topological polar surface area (TPSA) is 150 Å². The number of aliphatic carboxylic acids is 1. The lowest BCUT2D eigenvalue weighted by Crippen LogP contribution is -2.45. The molecule has 4 aromatic carbocycles. The van der Waals surface area contributed by atoms with Crippen molar-refractivity contribution in [3.05, 3.63) is 120 Å². The SMILES string of the molecule is O=C(O)CN(CCNC(=O)OCC1c2ccccc2-c2ccccc21)C(=O)CNC(=O)c1ccc(N=Nc2ccccc2)cc1. The molecule has 0 unspecified atom stereocenters. The van der Waals surface area contributed by atoms with E-state index in [4.69, 9.17) is 4.74 Å². The Kier molecular flexibility index (Phi) is 9.90. The molecule has 0 saturated carbocycles. The summed E-state index contributed by atoms with van der Waals surface area (Å²) in [6.07, 6.45) is -0.681. The van der Waals surface area contributed by atoms with Crippen LogP contribution in [-0.4, -0.2) is 66.7 Å². The number of alkyl carbamates (subject to hydrolysis) is 1. The van der Waals surface area contributed by atoms with E-state index in [1.54, 1.807) is 24.3 Å². The Hall–Kier alpha value is -5.84. The number of hydrogen-bond donors (Lipinski definition) is 3. The summed E-state index contributed by atoms with van der Waals surface area (Å²) in [7, 11) is 0. The highest BCUT2D eigenvalue weighted by molar-refractivity contribution is 5.97. The summed E-state index contributed by atoms with van der Waals surface area (Å²) in [6.45, 7) is -1.02. The molecule has 0 radical (unpaired) electrons. The molecule has 0 spiro atoms. The second-order valence-corrected chi connectivity index (χ2v) is 10.2. The van der Waals surface area contributed by atoms with Crippen molar-refractivity contribution in [3.63, 3.8) is 0 Å². The van der Waals surface area contributed by atoms with Gasteiger partial charge in [-0.15, -0.1) is 0 Å². The van der Waals surface area contributed by atoms with Crippen LogP contribution in [0.5, 0.6) is 0 Å². The number of carboxylic acids is 1. The largest absolute Gasteiger partial charge is 0.480 e. The molecule has 0 saturated heterocycles. The Labute approximate surface area is 259 Å². The van der Waals surface area contributed by atoms with Crippen LogP contribution in [-0.2, 0) is 14.3 Å². The lowest BCUT2D eigenvalue weighted by molar-refractivity contribution is -0.144. The van der Waals surface area contributed by atoms with Crippen LogP contribution in [0, 0.1) is 0 Å². The quantitative estimate of drug-likeness (QED) is 0.187. The molecular weight excluding hydrogens is 574 g/mol. The normalized spacial score (nSPS) is 11.8. The van der Waals surface area contributed by atoms with Crippen molar-refractivity contribution in [2.45, 2.75) is 5.92 Å². The van der Waals surface area contributed by atoms with Gasteiger partial charge in [0.05, 0.1) is 17.9 Å². The Bertz CT molecular complexity index is 1660. The van der Waals surface area contributed by atoms with Crippen molar-refractivity contribution < 1.29 is 29.0 Å². The first-order valence-corrected chi connectivity index (χ1v) is 14.3. The molecule has 1 aliphatic rings.